The summed E-state index contributed by atoms with van der Waals surface area (Å²) < 4.78 is 0. The van der Waals surface area contributed by atoms with Crippen LogP contribution in [0.5, 0.6) is 0 Å². The van der Waals surface area contributed by atoms with E-state index in [2.05, 4.69) is 33.4 Å². The predicted molar refractivity (Wildman–Crippen MR) is 107 cm³/mol. The number of amides is 1. The summed E-state index contributed by atoms with van der Waals surface area (Å²) in [5, 5.41) is 2.91. The number of pyridine rings is 1. The quantitative estimate of drug-likeness (QED) is 0.827. The van der Waals surface area contributed by atoms with Crippen LogP contribution in [-0.4, -0.2) is 24.0 Å². The van der Waals surface area contributed by atoms with Crippen molar-refractivity contribution in [2.45, 2.75) is 39.2 Å². The summed E-state index contributed by atoms with van der Waals surface area (Å²) in [6, 6.07) is 12.2. The monoisotopic (exact) mass is 349 g/mol. The minimum atomic E-state index is -0.0944. The Morgan fingerprint density at radius 3 is 2.65 bits per heavy atom. The van der Waals surface area contributed by atoms with Gasteiger partial charge in [0.2, 0.25) is 5.91 Å². The lowest BCUT2D eigenvalue weighted by Crippen LogP contribution is -2.25. The number of nitrogens with zero attached hydrogens (tertiary/aromatic N) is 2. The van der Waals surface area contributed by atoms with Crippen LogP contribution in [0.3, 0.4) is 0 Å². The third-order valence-electron chi connectivity index (χ3n) is 4.68. The van der Waals surface area contributed by atoms with Crippen LogP contribution >= 0.6 is 0 Å². The Morgan fingerprint density at radius 2 is 1.96 bits per heavy atom. The van der Waals surface area contributed by atoms with Crippen molar-refractivity contribution in [3.8, 4) is 0 Å². The predicted octanol–water partition coefficient (Wildman–Crippen LogP) is 4.10. The van der Waals surface area contributed by atoms with Gasteiger partial charge in [-0.2, -0.15) is 0 Å². The Kier molecular flexibility index (Phi) is 6.42. The minimum Gasteiger partial charge on any atom is -0.357 e. The number of benzene rings is 1. The molecule has 1 amide bonds. The molecule has 1 saturated heterocycles. The van der Waals surface area contributed by atoms with Gasteiger partial charge in [0.05, 0.1) is 0 Å². The molecule has 0 saturated carbocycles. The van der Waals surface area contributed by atoms with E-state index < -0.39 is 0 Å². The Morgan fingerprint density at radius 1 is 1.15 bits per heavy atom. The van der Waals surface area contributed by atoms with Crippen LogP contribution in [0, 0.1) is 6.92 Å². The minimum absolute atomic E-state index is 0.0944. The third-order valence-corrected chi connectivity index (χ3v) is 4.68. The van der Waals surface area contributed by atoms with E-state index >= 15 is 0 Å². The summed E-state index contributed by atoms with van der Waals surface area (Å²) in [5.41, 5.74) is 3.23. The van der Waals surface area contributed by atoms with Gasteiger partial charge in [0.25, 0.3) is 0 Å². The summed E-state index contributed by atoms with van der Waals surface area (Å²) >= 11 is 0. The zero-order valence-corrected chi connectivity index (χ0v) is 15.4. The molecule has 0 radical (unpaired) electrons. The number of aryl methyl sites for hydroxylation is 1. The van der Waals surface area contributed by atoms with Crippen molar-refractivity contribution in [1.82, 2.24) is 10.3 Å². The van der Waals surface area contributed by atoms with Crippen molar-refractivity contribution in [3.63, 3.8) is 0 Å². The SMILES string of the molecule is Cc1cccc(/C=C/C(=O)NCc2ccc(N3CCCCCC3)nc2)c1. The third kappa shape index (κ3) is 5.45. The first kappa shape index (κ1) is 18.2. The zero-order chi connectivity index (χ0) is 18.2. The highest BCUT2D eigenvalue weighted by Gasteiger charge is 2.10. The Bertz CT molecular complexity index is 744. The van der Waals surface area contributed by atoms with E-state index in [1.807, 2.05) is 37.4 Å². The van der Waals surface area contributed by atoms with Crippen LogP contribution in [-0.2, 0) is 11.3 Å². The molecule has 2 heterocycles. The molecule has 1 aliphatic rings. The summed E-state index contributed by atoms with van der Waals surface area (Å²) in [7, 11) is 0. The number of rotatable bonds is 5. The standard InChI is InChI=1S/C22H27N3O/c1-18-7-6-8-19(15-18)10-12-22(26)24-17-20-9-11-21(23-16-20)25-13-4-2-3-5-14-25/h6-12,15-16H,2-5,13-14,17H2,1H3,(H,24,26)/b12-10+. The van der Waals surface area contributed by atoms with Crippen LogP contribution in [0.1, 0.15) is 42.4 Å². The Hall–Kier alpha value is -2.62. The number of aromatic nitrogens is 1. The molecule has 2 aromatic rings. The van der Waals surface area contributed by atoms with E-state index in [9.17, 15) is 4.79 Å². The highest BCUT2D eigenvalue weighted by atomic mass is 16.1. The molecule has 1 aliphatic heterocycles. The number of carbonyl (C=O) groups excluding carboxylic acids is 1. The number of carbonyl (C=O) groups is 1. The summed E-state index contributed by atoms with van der Waals surface area (Å²) in [6.07, 6.45) is 10.4. The maximum atomic E-state index is 12.0. The van der Waals surface area contributed by atoms with Crippen molar-refractivity contribution in [2.75, 3.05) is 18.0 Å². The van der Waals surface area contributed by atoms with Crippen LogP contribution in [0.2, 0.25) is 0 Å². The fourth-order valence-electron chi connectivity index (χ4n) is 3.20. The highest BCUT2D eigenvalue weighted by Crippen LogP contribution is 2.17. The molecule has 1 aromatic heterocycles. The summed E-state index contributed by atoms with van der Waals surface area (Å²) in [4.78, 5) is 18.9. The second-order valence-corrected chi connectivity index (χ2v) is 6.89. The van der Waals surface area contributed by atoms with E-state index in [1.165, 1.54) is 31.2 Å². The van der Waals surface area contributed by atoms with Crippen LogP contribution in [0.15, 0.2) is 48.7 Å². The van der Waals surface area contributed by atoms with Gasteiger partial charge in [0, 0.05) is 31.9 Å². The molecule has 0 atom stereocenters. The van der Waals surface area contributed by atoms with Crippen molar-refractivity contribution in [2.24, 2.45) is 0 Å². The van der Waals surface area contributed by atoms with Gasteiger partial charge in [0.15, 0.2) is 0 Å². The van der Waals surface area contributed by atoms with Gasteiger partial charge < -0.3 is 10.2 Å². The second kappa shape index (κ2) is 9.18. The summed E-state index contributed by atoms with van der Waals surface area (Å²) in [5.74, 6) is 0.949. The van der Waals surface area contributed by atoms with Gasteiger partial charge in [-0.3, -0.25) is 4.79 Å². The lowest BCUT2D eigenvalue weighted by molar-refractivity contribution is -0.116. The van der Waals surface area contributed by atoms with E-state index in [-0.39, 0.29) is 5.91 Å². The van der Waals surface area contributed by atoms with E-state index in [1.54, 1.807) is 6.08 Å². The van der Waals surface area contributed by atoms with Crippen molar-refractivity contribution in [1.29, 1.82) is 0 Å². The van der Waals surface area contributed by atoms with Gasteiger partial charge in [-0.15, -0.1) is 0 Å². The van der Waals surface area contributed by atoms with E-state index in [0.29, 0.717) is 6.54 Å². The van der Waals surface area contributed by atoms with E-state index in [4.69, 9.17) is 0 Å². The maximum absolute atomic E-state index is 12.0. The molecule has 4 heteroatoms. The fraction of sp³-hybridized carbons (Fsp3) is 0.364. The first-order chi connectivity index (χ1) is 12.7. The van der Waals surface area contributed by atoms with Crippen molar-refractivity contribution < 1.29 is 4.79 Å². The van der Waals surface area contributed by atoms with Gasteiger partial charge in [-0.1, -0.05) is 48.7 Å². The number of anilines is 1. The molecule has 1 aromatic carbocycles. The normalized spacial score (nSPS) is 15.0. The highest BCUT2D eigenvalue weighted by molar-refractivity contribution is 5.91. The molecule has 3 rings (SSSR count). The van der Waals surface area contributed by atoms with Gasteiger partial charge >= 0.3 is 0 Å². The van der Waals surface area contributed by atoms with Gasteiger partial charge in [0.1, 0.15) is 5.82 Å². The molecular weight excluding hydrogens is 322 g/mol. The Labute approximate surface area is 155 Å². The molecule has 0 spiro atoms. The van der Waals surface area contributed by atoms with Crippen molar-refractivity contribution in [3.05, 3.63) is 65.4 Å². The number of hydrogen-bond donors (Lipinski definition) is 1. The van der Waals surface area contributed by atoms with Gasteiger partial charge in [-0.05, 0) is 43.0 Å². The van der Waals surface area contributed by atoms with Crippen molar-refractivity contribution >= 4 is 17.8 Å². The number of hydrogen-bond acceptors (Lipinski definition) is 3. The van der Waals surface area contributed by atoms with E-state index in [0.717, 1.165) is 30.0 Å². The Balaban J connectivity index is 1.50. The van der Waals surface area contributed by atoms with Crippen LogP contribution < -0.4 is 10.2 Å². The molecule has 0 aliphatic carbocycles. The molecule has 26 heavy (non-hydrogen) atoms. The smallest absolute Gasteiger partial charge is 0.244 e. The average Bonchev–Trinajstić information content (AvgIpc) is 2.95. The molecule has 1 N–H and O–H groups in total. The lowest BCUT2D eigenvalue weighted by atomic mass is 10.1. The fourth-order valence-corrected chi connectivity index (χ4v) is 3.20. The number of nitrogens with one attached hydrogen (secondary N) is 1. The molecule has 0 bridgehead atoms. The topological polar surface area (TPSA) is 45.2 Å². The largest absolute Gasteiger partial charge is 0.357 e. The average molecular weight is 349 g/mol. The van der Waals surface area contributed by atoms with Crippen LogP contribution in [0.4, 0.5) is 5.82 Å². The zero-order valence-electron chi connectivity index (χ0n) is 15.4. The summed E-state index contributed by atoms with van der Waals surface area (Å²) in [6.45, 7) is 4.71. The molecule has 4 nitrogen and oxygen atoms in total. The second-order valence-electron chi connectivity index (χ2n) is 6.89. The van der Waals surface area contributed by atoms with Gasteiger partial charge in [-0.25, -0.2) is 4.98 Å². The first-order valence-electron chi connectivity index (χ1n) is 9.43. The first-order valence-corrected chi connectivity index (χ1v) is 9.43. The molecule has 0 unspecified atom stereocenters. The molecule has 1 fully saturated rings. The maximum Gasteiger partial charge on any atom is 0.244 e. The lowest BCUT2D eigenvalue weighted by Gasteiger charge is -2.21. The molecule has 136 valence electrons. The molecular formula is C22H27N3O. The van der Waals surface area contributed by atoms with Crippen LogP contribution in [0.25, 0.3) is 6.08 Å².